The number of pyridine rings is 2. The Kier molecular flexibility index (Phi) is 5.62. The van der Waals surface area contributed by atoms with Gasteiger partial charge < -0.3 is 10.4 Å². The highest BCUT2D eigenvalue weighted by molar-refractivity contribution is 5.98. The molecule has 0 spiro atoms. The Balaban J connectivity index is 1.84. The minimum absolute atomic E-state index is 0.161. The molecule has 0 aliphatic carbocycles. The summed E-state index contributed by atoms with van der Waals surface area (Å²) < 4.78 is 2.82. The lowest BCUT2D eigenvalue weighted by atomic mass is 10.00. The first kappa shape index (κ1) is 21.5. The number of hydrogen-bond acceptors (Lipinski definition) is 7. The summed E-state index contributed by atoms with van der Waals surface area (Å²) in [4.78, 5) is 38.5. The number of anilines is 1. The molecule has 1 amide bonds. The molecule has 2 bridgehead atoms. The van der Waals surface area contributed by atoms with Crippen molar-refractivity contribution in [2.75, 3.05) is 5.32 Å². The van der Waals surface area contributed by atoms with Crippen molar-refractivity contribution in [3.05, 3.63) is 71.3 Å². The maximum Gasteiger partial charge on any atom is 0.259 e. The maximum atomic E-state index is 13.2. The van der Waals surface area contributed by atoms with Gasteiger partial charge in [-0.05, 0) is 37.5 Å². The minimum atomic E-state index is -0.346. The molecule has 10 nitrogen and oxygen atoms in total. The zero-order valence-corrected chi connectivity index (χ0v) is 18.5. The van der Waals surface area contributed by atoms with E-state index in [1.165, 1.54) is 40.1 Å². The fourth-order valence-corrected chi connectivity index (χ4v) is 4.07. The number of amides is 1. The van der Waals surface area contributed by atoms with Crippen molar-refractivity contribution < 1.29 is 9.90 Å². The van der Waals surface area contributed by atoms with Gasteiger partial charge in [0, 0.05) is 47.9 Å². The molecule has 5 heterocycles. The van der Waals surface area contributed by atoms with Crippen molar-refractivity contribution in [1.82, 2.24) is 29.3 Å². The molecule has 0 saturated heterocycles. The van der Waals surface area contributed by atoms with Gasteiger partial charge in [-0.2, -0.15) is 5.10 Å². The van der Waals surface area contributed by atoms with Crippen LogP contribution in [0.15, 0.2) is 60.0 Å². The van der Waals surface area contributed by atoms with Crippen LogP contribution in [0, 0.1) is 5.92 Å². The quantitative estimate of drug-likeness (QED) is 0.474. The predicted octanol–water partition coefficient (Wildman–Crippen LogP) is 2.88. The number of fused-ring (bicyclic) bond motifs is 4. The van der Waals surface area contributed by atoms with Gasteiger partial charge in [-0.1, -0.05) is 13.3 Å². The van der Waals surface area contributed by atoms with Crippen LogP contribution in [-0.2, 0) is 11.2 Å². The molecule has 0 saturated carbocycles. The number of aromatic hydroxyl groups is 1. The summed E-state index contributed by atoms with van der Waals surface area (Å²) in [5, 5.41) is 17.8. The highest BCUT2D eigenvalue weighted by atomic mass is 16.3. The van der Waals surface area contributed by atoms with E-state index in [-0.39, 0.29) is 23.3 Å². The van der Waals surface area contributed by atoms with Gasteiger partial charge in [-0.3, -0.25) is 14.6 Å². The first-order valence-electron chi connectivity index (χ1n) is 11.1. The molecule has 1 aliphatic rings. The molecular weight excluding hydrogens is 434 g/mol. The molecule has 0 radical (unpaired) electrons. The molecule has 5 rings (SSSR count). The Bertz CT molecular complexity index is 1430. The van der Waals surface area contributed by atoms with Gasteiger partial charge in [0.05, 0.1) is 5.69 Å². The van der Waals surface area contributed by atoms with Gasteiger partial charge in [0.25, 0.3) is 5.56 Å². The Morgan fingerprint density at radius 2 is 1.91 bits per heavy atom. The second-order valence-corrected chi connectivity index (χ2v) is 8.29. The third-order valence-electron chi connectivity index (χ3n) is 5.89. The van der Waals surface area contributed by atoms with Gasteiger partial charge in [0.2, 0.25) is 11.8 Å². The third kappa shape index (κ3) is 4.05. The van der Waals surface area contributed by atoms with Gasteiger partial charge in [-0.15, -0.1) is 0 Å². The van der Waals surface area contributed by atoms with Crippen LogP contribution in [0.3, 0.4) is 0 Å². The van der Waals surface area contributed by atoms with Crippen LogP contribution in [0.5, 0.6) is 5.88 Å². The molecule has 4 aromatic rings. The van der Waals surface area contributed by atoms with Crippen molar-refractivity contribution in [3.63, 3.8) is 0 Å². The molecule has 4 aromatic heterocycles. The topological polar surface area (TPSA) is 128 Å². The van der Waals surface area contributed by atoms with Crippen molar-refractivity contribution >= 4 is 11.6 Å². The molecular formula is C24H23N7O3. The van der Waals surface area contributed by atoms with E-state index in [2.05, 4.69) is 20.3 Å². The van der Waals surface area contributed by atoms with Crippen LogP contribution in [0.25, 0.3) is 22.8 Å². The molecule has 1 atom stereocenters. The van der Waals surface area contributed by atoms with E-state index in [1.54, 1.807) is 12.3 Å². The SMILES string of the molecule is CC1CCCCc2cc(ccn2)-c2nn(-c3ccnc(O)c3)c(-n3cnccc3=O)c2NC1=O. The van der Waals surface area contributed by atoms with Gasteiger partial charge in [-0.25, -0.2) is 19.2 Å². The molecule has 1 aliphatic heterocycles. The predicted molar refractivity (Wildman–Crippen MR) is 125 cm³/mol. The Morgan fingerprint density at radius 1 is 1.06 bits per heavy atom. The molecule has 2 N–H and O–H groups in total. The van der Waals surface area contributed by atoms with Crippen molar-refractivity contribution in [2.45, 2.75) is 32.6 Å². The van der Waals surface area contributed by atoms with Crippen LogP contribution < -0.4 is 10.9 Å². The summed E-state index contributed by atoms with van der Waals surface area (Å²) in [6.45, 7) is 1.89. The summed E-state index contributed by atoms with van der Waals surface area (Å²) in [5.41, 5.74) is 2.66. The molecule has 172 valence electrons. The van der Waals surface area contributed by atoms with Crippen molar-refractivity contribution in [2.24, 2.45) is 5.92 Å². The Morgan fingerprint density at radius 3 is 2.74 bits per heavy atom. The van der Waals surface area contributed by atoms with E-state index >= 15 is 0 Å². The largest absolute Gasteiger partial charge is 0.493 e. The third-order valence-corrected chi connectivity index (χ3v) is 5.89. The standard InChI is InChI=1S/C24H23N7O3/c1-15-4-2-3-5-17-12-16(6-10-26-17)21-22(28-23(15)34)24(30-14-25-9-8-20(30)33)31(29-21)18-7-11-27-19(32)13-18/h6-15H,2-5H2,1H3,(H,27,32)(H,28,34). The summed E-state index contributed by atoms with van der Waals surface area (Å²) in [6.07, 6.45) is 9.30. The maximum absolute atomic E-state index is 13.2. The fraction of sp³-hybridized carbons (Fsp3) is 0.250. The summed E-state index contributed by atoms with van der Waals surface area (Å²) in [6, 6.07) is 8.19. The van der Waals surface area contributed by atoms with E-state index in [1.807, 2.05) is 19.1 Å². The minimum Gasteiger partial charge on any atom is -0.493 e. The summed E-state index contributed by atoms with van der Waals surface area (Å²) in [7, 11) is 0. The monoisotopic (exact) mass is 457 g/mol. The normalized spacial score (nSPS) is 16.1. The lowest BCUT2D eigenvalue weighted by Gasteiger charge is -2.16. The first-order valence-corrected chi connectivity index (χ1v) is 11.1. The second-order valence-electron chi connectivity index (χ2n) is 8.29. The zero-order valence-electron chi connectivity index (χ0n) is 18.5. The number of nitrogens with one attached hydrogen (secondary N) is 1. The van der Waals surface area contributed by atoms with E-state index in [9.17, 15) is 14.7 Å². The van der Waals surface area contributed by atoms with E-state index < -0.39 is 0 Å². The average molecular weight is 457 g/mol. The molecule has 1 unspecified atom stereocenters. The van der Waals surface area contributed by atoms with Crippen molar-refractivity contribution in [3.8, 4) is 28.6 Å². The van der Waals surface area contributed by atoms with Gasteiger partial charge >= 0.3 is 0 Å². The number of nitrogens with zero attached hydrogens (tertiary/aromatic N) is 6. The Hall–Kier alpha value is -4.34. The molecule has 10 heteroatoms. The highest BCUT2D eigenvalue weighted by Gasteiger charge is 2.26. The number of carbonyl (C=O) groups is 1. The first-order chi connectivity index (χ1) is 16.5. The molecule has 0 fully saturated rings. The van der Waals surface area contributed by atoms with Crippen LogP contribution in [0.2, 0.25) is 0 Å². The second kappa shape index (κ2) is 8.89. The summed E-state index contributed by atoms with van der Waals surface area (Å²) in [5.74, 6) is -0.290. The van der Waals surface area contributed by atoms with Crippen LogP contribution in [-0.4, -0.2) is 40.3 Å². The van der Waals surface area contributed by atoms with Crippen molar-refractivity contribution in [1.29, 1.82) is 0 Å². The van der Waals surface area contributed by atoms with Crippen LogP contribution >= 0.6 is 0 Å². The molecule has 0 aromatic carbocycles. The van der Waals surface area contributed by atoms with Gasteiger partial charge in [0.1, 0.15) is 17.7 Å². The number of aryl methyl sites for hydroxylation is 1. The average Bonchev–Trinajstić information content (AvgIpc) is 3.20. The van der Waals surface area contributed by atoms with Crippen LogP contribution in [0.1, 0.15) is 31.9 Å². The van der Waals surface area contributed by atoms with Gasteiger partial charge in [0.15, 0.2) is 5.82 Å². The lowest BCUT2D eigenvalue weighted by molar-refractivity contribution is -0.119. The zero-order chi connectivity index (χ0) is 23.7. The summed E-state index contributed by atoms with van der Waals surface area (Å²) >= 11 is 0. The van der Waals surface area contributed by atoms with E-state index in [0.29, 0.717) is 22.9 Å². The lowest BCUT2D eigenvalue weighted by Crippen LogP contribution is -2.24. The smallest absolute Gasteiger partial charge is 0.259 e. The number of rotatable bonds is 2. The van der Waals surface area contributed by atoms with E-state index in [4.69, 9.17) is 5.10 Å². The van der Waals surface area contributed by atoms with E-state index in [0.717, 1.165) is 36.9 Å². The Labute approximate surface area is 195 Å². The number of carbonyl (C=O) groups excluding carboxylic acids is 1. The fourth-order valence-electron chi connectivity index (χ4n) is 4.07. The number of hydrogen-bond donors (Lipinski definition) is 2. The molecule has 34 heavy (non-hydrogen) atoms. The van der Waals surface area contributed by atoms with Crippen LogP contribution in [0.4, 0.5) is 5.69 Å². The number of aromatic nitrogens is 6. The highest BCUT2D eigenvalue weighted by Crippen LogP contribution is 2.35.